The average Bonchev–Trinajstić information content (AvgIpc) is 2.98. The van der Waals surface area contributed by atoms with E-state index in [1.54, 1.807) is 72.8 Å². The maximum Gasteiger partial charge on any atom is 0.273 e. The van der Waals surface area contributed by atoms with Crippen molar-refractivity contribution >= 4 is 46.3 Å². The van der Waals surface area contributed by atoms with E-state index in [1.807, 2.05) is 6.92 Å². The second-order valence-electron chi connectivity index (χ2n) is 9.27. The van der Waals surface area contributed by atoms with Crippen LogP contribution in [0.1, 0.15) is 66.8 Å². The maximum absolute atomic E-state index is 13.3. The lowest BCUT2D eigenvalue weighted by atomic mass is 9.91. The molecule has 0 bridgehead atoms. The lowest BCUT2D eigenvalue weighted by Gasteiger charge is -2.27. The summed E-state index contributed by atoms with van der Waals surface area (Å²) < 4.78 is 0. The first-order chi connectivity index (χ1) is 19.4. The predicted octanol–water partition coefficient (Wildman–Crippen LogP) is 4.96. The highest BCUT2D eigenvalue weighted by Crippen LogP contribution is 2.37. The van der Waals surface area contributed by atoms with Crippen LogP contribution in [0.4, 0.5) is 5.69 Å². The molecular formula is C31H26N4O5. The Kier molecular flexibility index (Phi) is 7.37. The van der Waals surface area contributed by atoms with Gasteiger partial charge in [0, 0.05) is 39.6 Å². The summed E-state index contributed by atoms with van der Waals surface area (Å²) in [5.41, 5.74) is 4.17. The molecule has 4 amide bonds. The Morgan fingerprint density at radius 2 is 1.62 bits per heavy atom. The molecule has 9 nitrogen and oxygen atoms in total. The smallest absolute Gasteiger partial charge is 0.273 e. The van der Waals surface area contributed by atoms with Gasteiger partial charge in [-0.15, -0.1) is 0 Å². The molecule has 0 radical (unpaired) electrons. The van der Waals surface area contributed by atoms with Crippen molar-refractivity contribution < 1.29 is 24.3 Å². The van der Waals surface area contributed by atoms with Crippen molar-refractivity contribution in [3.63, 3.8) is 0 Å². The number of amides is 4. The summed E-state index contributed by atoms with van der Waals surface area (Å²) in [5.74, 6) is -1.95. The predicted molar refractivity (Wildman–Crippen MR) is 152 cm³/mol. The van der Waals surface area contributed by atoms with Gasteiger partial charge < -0.3 is 10.4 Å². The summed E-state index contributed by atoms with van der Waals surface area (Å²) in [6, 6.07) is 21.5. The van der Waals surface area contributed by atoms with Crippen LogP contribution >= 0.6 is 0 Å². The van der Waals surface area contributed by atoms with Crippen molar-refractivity contribution in [3.05, 3.63) is 107 Å². The molecular weight excluding hydrogens is 508 g/mol. The molecule has 0 spiro atoms. The SMILES string of the molecule is CCCCN1C(=O)c2cccc3c(O)c(/C=N/NC(=O)c4ccccc4NC(=O)c4ccccc4)cc(c23)C1=O. The number of imide groups is 1. The Balaban J connectivity index is 1.40. The first-order valence-corrected chi connectivity index (χ1v) is 12.8. The maximum atomic E-state index is 13.3. The molecule has 0 unspecified atom stereocenters. The highest BCUT2D eigenvalue weighted by molar-refractivity contribution is 6.27. The van der Waals surface area contributed by atoms with Crippen LogP contribution in [0, 0.1) is 0 Å². The van der Waals surface area contributed by atoms with Gasteiger partial charge in [0.25, 0.3) is 23.6 Å². The van der Waals surface area contributed by atoms with Crippen molar-refractivity contribution in [3.8, 4) is 5.75 Å². The van der Waals surface area contributed by atoms with E-state index in [9.17, 15) is 24.3 Å². The van der Waals surface area contributed by atoms with Crippen LogP contribution in [0.3, 0.4) is 0 Å². The summed E-state index contributed by atoms with van der Waals surface area (Å²) in [4.78, 5) is 53.0. The minimum Gasteiger partial charge on any atom is -0.507 e. The zero-order valence-electron chi connectivity index (χ0n) is 21.7. The molecule has 1 heterocycles. The van der Waals surface area contributed by atoms with Gasteiger partial charge in [-0.2, -0.15) is 5.10 Å². The molecule has 1 aliphatic heterocycles. The second kappa shape index (κ2) is 11.2. The van der Waals surface area contributed by atoms with Gasteiger partial charge in [0.2, 0.25) is 0 Å². The molecule has 0 aromatic heterocycles. The van der Waals surface area contributed by atoms with E-state index in [2.05, 4.69) is 15.8 Å². The fraction of sp³-hybridized carbons (Fsp3) is 0.129. The number of unbranched alkanes of at least 4 members (excludes halogenated alkanes) is 1. The number of carbonyl (C=O) groups is 4. The molecule has 0 aliphatic carbocycles. The number of nitrogens with zero attached hydrogens (tertiary/aromatic N) is 2. The van der Waals surface area contributed by atoms with E-state index in [-0.39, 0.29) is 34.3 Å². The minimum atomic E-state index is -0.587. The minimum absolute atomic E-state index is 0.170. The van der Waals surface area contributed by atoms with E-state index < -0.39 is 11.8 Å². The van der Waals surface area contributed by atoms with Crippen LogP contribution in [-0.4, -0.2) is 46.4 Å². The van der Waals surface area contributed by atoms with Gasteiger partial charge in [-0.25, -0.2) is 5.43 Å². The Labute approximate surface area is 230 Å². The van der Waals surface area contributed by atoms with Crippen LogP contribution in [-0.2, 0) is 0 Å². The summed E-state index contributed by atoms with van der Waals surface area (Å²) in [7, 11) is 0. The number of benzene rings is 4. The Bertz CT molecular complexity index is 1680. The van der Waals surface area contributed by atoms with Crippen LogP contribution in [0.2, 0.25) is 0 Å². The number of hydrazone groups is 1. The van der Waals surface area contributed by atoms with Gasteiger partial charge in [0.05, 0.1) is 17.5 Å². The van der Waals surface area contributed by atoms with E-state index in [4.69, 9.17) is 0 Å². The topological polar surface area (TPSA) is 128 Å². The molecule has 40 heavy (non-hydrogen) atoms. The molecule has 4 aromatic carbocycles. The van der Waals surface area contributed by atoms with Crippen LogP contribution in [0.15, 0.2) is 84.0 Å². The molecule has 0 fully saturated rings. The molecule has 9 heteroatoms. The van der Waals surface area contributed by atoms with Gasteiger partial charge in [-0.1, -0.05) is 55.8 Å². The van der Waals surface area contributed by atoms with Crippen molar-refractivity contribution in [2.75, 3.05) is 11.9 Å². The Hall–Kier alpha value is -5.31. The Morgan fingerprint density at radius 1 is 0.900 bits per heavy atom. The third kappa shape index (κ3) is 4.92. The number of phenols is 1. The zero-order valence-corrected chi connectivity index (χ0v) is 21.7. The number of anilines is 1. The van der Waals surface area contributed by atoms with Crippen LogP contribution < -0.4 is 10.7 Å². The van der Waals surface area contributed by atoms with Gasteiger partial charge in [-0.05, 0) is 42.8 Å². The van der Waals surface area contributed by atoms with E-state index in [1.165, 1.54) is 17.2 Å². The summed E-state index contributed by atoms with van der Waals surface area (Å²) in [5, 5.41) is 18.4. The fourth-order valence-electron chi connectivity index (χ4n) is 4.63. The van der Waals surface area contributed by atoms with Gasteiger partial charge in [0.15, 0.2) is 0 Å². The normalized spacial score (nSPS) is 12.7. The van der Waals surface area contributed by atoms with Gasteiger partial charge >= 0.3 is 0 Å². The third-order valence-electron chi connectivity index (χ3n) is 6.67. The molecule has 0 saturated carbocycles. The van der Waals surface area contributed by atoms with Crippen LogP contribution in [0.5, 0.6) is 5.75 Å². The molecule has 3 N–H and O–H groups in total. The molecule has 200 valence electrons. The quantitative estimate of drug-likeness (QED) is 0.167. The van der Waals surface area contributed by atoms with E-state index in [0.29, 0.717) is 40.6 Å². The molecule has 4 aromatic rings. The second-order valence-corrected chi connectivity index (χ2v) is 9.27. The highest BCUT2D eigenvalue weighted by Gasteiger charge is 2.33. The van der Waals surface area contributed by atoms with Gasteiger partial charge in [-0.3, -0.25) is 24.1 Å². The number of hydrogen-bond donors (Lipinski definition) is 3. The number of para-hydroxylation sites is 1. The lowest BCUT2D eigenvalue weighted by molar-refractivity contribution is 0.0608. The highest BCUT2D eigenvalue weighted by atomic mass is 16.3. The first kappa shape index (κ1) is 26.3. The largest absolute Gasteiger partial charge is 0.507 e. The molecule has 0 saturated heterocycles. The number of rotatable bonds is 8. The molecule has 1 aliphatic rings. The zero-order chi connectivity index (χ0) is 28.2. The summed E-state index contributed by atoms with van der Waals surface area (Å²) in [6.07, 6.45) is 2.73. The van der Waals surface area contributed by atoms with Crippen molar-refractivity contribution in [1.29, 1.82) is 0 Å². The molecule has 0 atom stereocenters. The average molecular weight is 535 g/mol. The first-order valence-electron chi connectivity index (χ1n) is 12.8. The van der Waals surface area contributed by atoms with Gasteiger partial charge in [0.1, 0.15) is 5.75 Å². The van der Waals surface area contributed by atoms with Crippen molar-refractivity contribution in [1.82, 2.24) is 10.3 Å². The van der Waals surface area contributed by atoms with E-state index >= 15 is 0 Å². The number of aromatic hydroxyl groups is 1. The monoisotopic (exact) mass is 534 g/mol. The standard InChI is InChI=1S/C31H26N4O5/c1-2-3-16-35-30(39)23-14-9-13-22-26(23)24(31(35)40)17-20(27(22)36)18-32-34-29(38)21-12-7-8-15-25(21)33-28(37)19-10-5-4-6-11-19/h4-15,17-18,36H,2-3,16H2,1H3,(H,33,37)(H,34,38)/b32-18+. The van der Waals surface area contributed by atoms with Crippen molar-refractivity contribution in [2.45, 2.75) is 19.8 Å². The van der Waals surface area contributed by atoms with Crippen molar-refractivity contribution in [2.24, 2.45) is 5.10 Å². The van der Waals surface area contributed by atoms with E-state index in [0.717, 1.165) is 6.42 Å². The number of nitrogens with one attached hydrogen (secondary N) is 2. The fourth-order valence-corrected chi connectivity index (χ4v) is 4.63. The van der Waals surface area contributed by atoms with Crippen LogP contribution in [0.25, 0.3) is 10.8 Å². The Morgan fingerprint density at radius 3 is 2.40 bits per heavy atom. The summed E-state index contributed by atoms with van der Waals surface area (Å²) in [6.45, 7) is 2.27. The molecule has 5 rings (SSSR count). The number of hydrogen-bond acceptors (Lipinski definition) is 6. The number of carbonyl (C=O) groups excluding carboxylic acids is 4. The lowest BCUT2D eigenvalue weighted by Crippen LogP contribution is -2.40. The number of phenolic OH excluding ortho intramolecular Hbond substituents is 1. The summed E-state index contributed by atoms with van der Waals surface area (Å²) >= 11 is 0. The third-order valence-corrected chi connectivity index (χ3v) is 6.67.